The van der Waals surface area contributed by atoms with Crippen LogP contribution < -0.4 is 0 Å². The molecule has 0 spiro atoms. The third-order valence-electron chi connectivity index (χ3n) is 1.99. The van der Waals surface area contributed by atoms with Gasteiger partial charge in [0.1, 0.15) is 0 Å². The third-order valence-corrected chi connectivity index (χ3v) is 3.21. The van der Waals surface area contributed by atoms with Crippen LogP contribution in [0.1, 0.15) is 13.8 Å². The lowest BCUT2D eigenvalue weighted by Crippen LogP contribution is -2.17. The summed E-state index contributed by atoms with van der Waals surface area (Å²) in [4.78, 5) is 12.7. The van der Waals surface area contributed by atoms with Crippen LogP contribution in [0.4, 0.5) is 0 Å². The molecule has 1 rings (SSSR count). The fourth-order valence-electron chi connectivity index (χ4n) is 0.810. The van der Waals surface area contributed by atoms with E-state index in [0.29, 0.717) is 0 Å². The van der Waals surface area contributed by atoms with E-state index in [4.69, 9.17) is 0 Å². The molecule has 2 heteroatoms. The summed E-state index contributed by atoms with van der Waals surface area (Å²) in [6.07, 6.45) is 1.69. The van der Waals surface area contributed by atoms with Crippen LogP contribution >= 0.6 is 11.8 Å². The second-order valence-corrected chi connectivity index (χ2v) is 4.67. The molecule has 14 heavy (non-hydrogen) atoms. The summed E-state index contributed by atoms with van der Waals surface area (Å²) in [5.74, 6) is 0. The number of thioether (sulfide) groups is 1. The standard InChI is InChI=1S/C12H14OS/c1-4-12(2,3)11(13)14-10-8-6-5-7-9-10/h4-9H,1H2,2-3H3. The molecule has 0 aliphatic rings. The topological polar surface area (TPSA) is 17.1 Å². The Morgan fingerprint density at radius 1 is 1.36 bits per heavy atom. The Labute approximate surface area is 89.2 Å². The quantitative estimate of drug-likeness (QED) is 0.556. The van der Waals surface area contributed by atoms with Crippen molar-refractivity contribution in [3.05, 3.63) is 43.0 Å². The Bertz CT molecular complexity index is 327. The predicted octanol–water partition coefficient (Wildman–Crippen LogP) is 3.52. The average Bonchev–Trinajstić information content (AvgIpc) is 2.19. The summed E-state index contributed by atoms with van der Waals surface area (Å²) in [7, 11) is 0. The molecule has 0 aliphatic heterocycles. The molecule has 0 bridgehead atoms. The van der Waals surface area contributed by atoms with E-state index in [1.807, 2.05) is 44.2 Å². The predicted molar refractivity (Wildman–Crippen MR) is 61.3 cm³/mol. The monoisotopic (exact) mass is 206 g/mol. The summed E-state index contributed by atoms with van der Waals surface area (Å²) in [6, 6.07) is 9.66. The molecule has 74 valence electrons. The number of rotatable bonds is 3. The van der Waals surface area contributed by atoms with Crippen molar-refractivity contribution >= 4 is 16.9 Å². The lowest BCUT2D eigenvalue weighted by molar-refractivity contribution is -0.116. The Balaban J connectivity index is 2.72. The highest BCUT2D eigenvalue weighted by atomic mass is 32.2. The maximum absolute atomic E-state index is 11.8. The van der Waals surface area contributed by atoms with Crippen molar-refractivity contribution in [1.29, 1.82) is 0 Å². The first-order chi connectivity index (χ1) is 6.56. The molecule has 0 saturated heterocycles. The molecular weight excluding hydrogens is 192 g/mol. The minimum Gasteiger partial charge on any atom is -0.286 e. The number of carbonyl (C=O) groups is 1. The fourth-order valence-corrected chi connectivity index (χ4v) is 1.66. The van der Waals surface area contributed by atoms with Crippen molar-refractivity contribution in [3.8, 4) is 0 Å². The van der Waals surface area contributed by atoms with Gasteiger partial charge in [-0.15, -0.1) is 6.58 Å². The minimum atomic E-state index is -0.458. The van der Waals surface area contributed by atoms with E-state index in [-0.39, 0.29) is 5.12 Å². The van der Waals surface area contributed by atoms with Gasteiger partial charge in [-0.3, -0.25) is 4.79 Å². The van der Waals surface area contributed by atoms with Crippen LogP contribution in [-0.4, -0.2) is 5.12 Å². The zero-order chi connectivity index (χ0) is 10.6. The third kappa shape index (κ3) is 2.74. The normalized spacial score (nSPS) is 11.0. The van der Waals surface area contributed by atoms with Gasteiger partial charge in [0.15, 0.2) is 0 Å². The van der Waals surface area contributed by atoms with Crippen molar-refractivity contribution in [2.24, 2.45) is 5.41 Å². The largest absolute Gasteiger partial charge is 0.286 e. The van der Waals surface area contributed by atoms with E-state index >= 15 is 0 Å². The molecular formula is C12H14OS. The maximum Gasteiger partial charge on any atom is 0.203 e. The van der Waals surface area contributed by atoms with Gasteiger partial charge in [0.2, 0.25) is 5.12 Å². The SMILES string of the molecule is C=CC(C)(C)C(=O)Sc1ccccc1. The number of hydrogen-bond donors (Lipinski definition) is 0. The minimum absolute atomic E-state index is 0.124. The summed E-state index contributed by atoms with van der Waals surface area (Å²) in [5.41, 5.74) is -0.458. The first-order valence-electron chi connectivity index (χ1n) is 4.47. The summed E-state index contributed by atoms with van der Waals surface area (Å²) < 4.78 is 0. The summed E-state index contributed by atoms with van der Waals surface area (Å²) in [5, 5.41) is 0.124. The van der Waals surface area contributed by atoms with E-state index in [1.54, 1.807) is 6.08 Å². The second kappa shape index (κ2) is 4.47. The van der Waals surface area contributed by atoms with E-state index in [2.05, 4.69) is 6.58 Å². The molecule has 0 unspecified atom stereocenters. The lowest BCUT2D eigenvalue weighted by atomic mass is 9.96. The van der Waals surface area contributed by atoms with E-state index < -0.39 is 5.41 Å². The molecule has 0 amide bonds. The van der Waals surface area contributed by atoms with Gasteiger partial charge in [0, 0.05) is 4.90 Å². The zero-order valence-electron chi connectivity index (χ0n) is 8.49. The number of carbonyl (C=O) groups excluding carboxylic acids is 1. The first-order valence-corrected chi connectivity index (χ1v) is 5.29. The van der Waals surface area contributed by atoms with Crippen molar-refractivity contribution in [2.45, 2.75) is 18.7 Å². The van der Waals surface area contributed by atoms with Crippen molar-refractivity contribution in [3.63, 3.8) is 0 Å². The van der Waals surface area contributed by atoms with Gasteiger partial charge in [-0.1, -0.05) is 36.0 Å². The molecule has 0 radical (unpaired) electrons. The van der Waals surface area contributed by atoms with Gasteiger partial charge < -0.3 is 0 Å². The molecule has 1 nitrogen and oxygen atoms in total. The number of benzene rings is 1. The van der Waals surface area contributed by atoms with Crippen LogP contribution in [0.15, 0.2) is 47.9 Å². The van der Waals surface area contributed by atoms with Crippen molar-refractivity contribution in [2.75, 3.05) is 0 Å². The van der Waals surface area contributed by atoms with Crippen LogP contribution in [-0.2, 0) is 4.79 Å². The van der Waals surface area contributed by atoms with Gasteiger partial charge >= 0.3 is 0 Å². The molecule has 1 aromatic rings. The number of allylic oxidation sites excluding steroid dienone is 1. The zero-order valence-corrected chi connectivity index (χ0v) is 9.30. The van der Waals surface area contributed by atoms with Gasteiger partial charge in [0.25, 0.3) is 0 Å². The molecule has 0 atom stereocenters. The highest BCUT2D eigenvalue weighted by molar-refractivity contribution is 8.13. The Morgan fingerprint density at radius 3 is 2.43 bits per heavy atom. The smallest absolute Gasteiger partial charge is 0.203 e. The Kier molecular flexibility index (Phi) is 3.53. The van der Waals surface area contributed by atoms with E-state index in [0.717, 1.165) is 4.90 Å². The van der Waals surface area contributed by atoms with Crippen LogP contribution in [0, 0.1) is 5.41 Å². The van der Waals surface area contributed by atoms with E-state index in [1.165, 1.54) is 11.8 Å². The summed E-state index contributed by atoms with van der Waals surface area (Å²) in [6.45, 7) is 7.41. The van der Waals surface area contributed by atoms with Crippen LogP contribution in [0.3, 0.4) is 0 Å². The highest BCUT2D eigenvalue weighted by Gasteiger charge is 2.24. The molecule has 0 saturated carbocycles. The van der Waals surface area contributed by atoms with Gasteiger partial charge in [0.05, 0.1) is 5.41 Å². The Morgan fingerprint density at radius 2 is 1.93 bits per heavy atom. The molecule has 1 aromatic carbocycles. The maximum atomic E-state index is 11.8. The second-order valence-electron chi connectivity index (χ2n) is 3.63. The molecule has 0 aromatic heterocycles. The van der Waals surface area contributed by atoms with Gasteiger partial charge in [-0.2, -0.15) is 0 Å². The van der Waals surface area contributed by atoms with Crippen LogP contribution in [0.5, 0.6) is 0 Å². The van der Waals surface area contributed by atoms with E-state index in [9.17, 15) is 4.79 Å². The molecule has 0 heterocycles. The first kappa shape index (κ1) is 11.1. The highest BCUT2D eigenvalue weighted by Crippen LogP contribution is 2.29. The van der Waals surface area contributed by atoms with Crippen LogP contribution in [0.25, 0.3) is 0 Å². The lowest BCUT2D eigenvalue weighted by Gasteiger charge is -2.16. The fraction of sp³-hybridized carbons (Fsp3) is 0.250. The molecule has 0 fully saturated rings. The van der Waals surface area contributed by atoms with Crippen LogP contribution in [0.2, 0.25) is 0 Å². The summed E-state index contributed by atoms with van der Waals surface area (Å²) >= 11 is 1.26. The number of hydrogen-bond acceptors (Lipinski definition) is 2. The molecule has 0 aliphatic carbocycles. The van der Waals surface area contributed by atoms with Crippen molar-refractivity contribution < 1.29 is 4.79 Å². The van der Waals surface area contributed by atoms with Gasteiger partial charge in [-0.05, 0) is 26.0 Å². The van der Waals surface area contributed by atoms with Gasteiger partial charge in [-0.25, -0.2) is 0 Å². The van der Waals surface area contributed by atoms with Crippen molar-refractivity contribution in [1.82, 2.24) is 0 Å². The molecule has 0 N–H and O–H groups in total. The average molecular weight is 206 g/mol. The Hall–Kier alpha value is -1.02.